The van der Waals surface area contributed by atoms with Crippen LogP contribution in [0.3, 0.4) is 0 Å². The number of hydrogen-bond acceptors (Lipinski definition) is 10. The Morgan fingerprint density at radius 2 is 0.903 bits per heavy atom. The van der Waals surface area contributed by atoms with Gasteiger partial charge in [0.15, 0.2) is 20.4 Å². The van der Waals surface area contributed by atoms with Gasteiger partial charge in [-0.3, -0.25) is 0 Å². The van der Waals surface area contributed by atoms with Crippen LogP contribution in [0.1, 0.15) is 66.5 Å². The van der Waals surface area contributed by atoms with Crippen LogP contribution >= 0.6 is 48.9 Å². The molecule has 3 aromatic heterocycles. The van der Waals surface area contributed by atoms with Crippen LogP contribution in [0.5, 0.6) is 17.6 Å². The Bertz CT molecular complexity index is 3090. The van der Waals surface area contributed by atoms with E-state index >= 15 is 0 Å². The Kier molecular flexibility index (Phi) is 18.1. The molecular formula is C53H58N12O3S4. The summed E-state index contributed by atoms with van der Waals surface area (Å²) >= 11 is 20.4. The standard InChI is InChI=1S/2C18H20N4OS.C17H18N4OS2/c1-11(22-18(19)24)21-17-14-5-3-4-12(14)6-7-15(17)13-8-9-20-16(10-13)23-2;1-11(19)21-18(24)22-17-14-5-3-4-12(14)6-7-15(17)13-8-9-20-16(10-13)23-2;1-22-14-9-11(7-8-19-14)13-6-5-10-3-2-4-12(10)15(13)20-17(24)21-16(18)23/h2*6-10H,3-5H2,1-2H3,(H3,19,21,22,24);5-9H,2-4H2,1H3,(H4,18,20,21,23,24). The van der Waals surface area contributed by atoms with Crippen molar-refractivity contribution in [3.05, 3.63) is 125 Å². The minimum absolute atomic E-state index is 0.125. The zero-order chi connectivity index (χ0) is 51.3. The van der Waals surface area contributed by atoms with Crippen LogP contribution in [-0.4, -0.2) is 68.4 Å². The van der Waals surface area contributed by atoms with Gasteiger partial charge in [-0.15, -0.1) is 0 Å². The van der Waals surface area contributed by atoms with Crippen molar-refractivity contribution in [1.82, 2.24) is 20.3 Å². The Morgan fingerprint density at radius 3 is 1.26 bits per heavy atom. The number of nitrogens with zero attached hydrogens (tertiary/aromatic N) is 5. The Balaban J connectivity index is 0.000000158. The third kappa shape index (κ3) is 13.4. The second kappa shape index (κ2) is 24.8. The monoisotopic (exact) mass is 1040 g/mol. The lowest BCUT2D eigenvalue weighted by molar-refractivity contribution is 0.398. The molecule has 10 N–H and O–H groups in total. The molecule has 0 fully saturated rings. The number of fused-ring (bicyclic) bond motifs is 3. The molecule has 72 heavy (non-hydrogen) atoms. The number of methoxy groups -OCH3 is 3. The van der Waals surface area contributed by atoms with Crippen molar-refractivity contribution in [2.75, 3.05) is 37.3 Å². The SMILES string of the molecule is COc1cc(-c2ccc3c(c2NC(=S)N=C(C)N)CCC3)ccn1.COc1cc(-c2ccc3c(c2NC(=S)NC(N)=S)CCC3)ccn1.COc1cc(-c2ccc3c(c2NC(C)=NC(N)=S)CCC3)ccn1. The highest BCUT2D eigenvalue weighted by molar-refractivity contribution is 7.82. The summed E-state index contributed by atoms with van der Waals surface area (Å²) in [5.74, 6) is 2.87. The smallest absolute Gasteiger partial charge is 0.213 e. The van der Waals surface area contributed by atoms with Gasteiger partial charge >= 0.3 is 0 Å². The first kappa shape index (κ1) is 52.6. The van der Waals surface area contributed by atoms with Crippen LogP contribution in [0.4, 0.5) is 17.1 Å². The number of aliphatic imine (C=N–C) groups is 2. The second-order valence-corrected chi connectivity index (χ2v) is 18.6. The van der Waals surface area contributed by atoms with Gasteiger partial charge in [0.1, 0.15) is 5.84 Å². The molecule has 0 bridgehead atoms. The zero-order valence-electron chi connectivity index (χ0n) is 40.9. The van der Waals surface area contributed by atoms with Crippen LogP contribution in [0.15, 0.2) is 101 Å². The number of nitrogens with one attached hydrogen (secondary N) is 4. The van der Waals surface area contributed by atoms with Gasteiger partial charge in [0.2, 0.25) is 17.6 Å². The lowest BCUT2D eigenvalue weighted by atomic mass is 9.97. The maximum Gasteiger partial charge on any atom is 0.213 e. The topological polar surface area (TPSA) is 217 Å². The van der Waals surface area contributed by atoms with Gasteiger partial charge < -0.3 is 52.7 Å². The van der Waals surface area contributed by atoms with E-state index in [9.17, 15) is 0 Å². The highest BCUT2D eigenvalue weighted by Crippen LogP contribution is 2.41. The fraction of sp³-hybridized carbons (Fsp3) is 0.264. The minimum atomic E-state index is 0.125. The maximum atomic E-state index is 5.64. The fourth-order valence-electron chi connectivity index (χ4n) is 9.14. The molecule has 3 heterocycles. The summed E-state index contributed by atoms with van der Waals surface area (Å²) in [6, 6.07) is 24.6. The number of hydrogen-bond donors (Lipinski definition) is 7. The molecule has 0 unspecified atom stereocenters. The van der Waals surface area contributed by atoms with Crippen molar-refractivity contribution in [2.45, 2.75) is 71.6 Å². The van der Waals surface area contributed by atoms with Gasteiger partial charge in [0.05, 0.1) is 44.2 Å². The first-order valence-electron chi connectivity index (χ1n) is 23.3. The van der Waals surface area contributed by atoms with Crippen LogP contribution in [0.2, 0.25) is 0 Å². The number of aryl methyl sites for hydroxylation is 3. The second-order valence-electron chi connectivity index (χ2n) is 17.0. The summed E-state index contributed by atoms with van der Waals surface area (Å²) in [5, 5.41) is 13.8. The highest BCUT2D eigenvalue weighted by Gasteiger charge is 2.23. The van der Waals surface area contributed by atoms with E-state index in [-0.39, 0.29) is 10.2 Å². The van der Waals surface area contributed by atoms with E-state index in [2.05, 4.69) is 82.6 Å². The molecule has 0 saturated carbocycles. The number of nitrogens with two attached hydrogens (primary N) is 3. The summed E-state index contributed by atoms with van der Waals surface area (Å²) in [6.45, 7) is 3.59. The Labute approximate surface area is 441 Å². The number of thiocarbonyl (C=S) groups is 4. The molecule has 0 spiro atoms. The fourth-order valence-corrected chi connectivity index (χ4v) is 9.90. The van der Waals surface area contributed by atoms with Gasteiger partial charge in [-0.1, -0.05) is 36.4 Å². The van der Waals surface area contributed by atoms with Crippen molar-refractivity contribution in [1.29, 1.82) is 0 Å². The number of amidine groups is 2. The largest absolute Gasteiger partial charge is 0.481 e. The molecule has 0 radical (unpaired) electrons. The summed E-state index contributed by atoms with van der Waals surface area (Å²) in [5.41, 5.74) is 34.0. The maximum absolute atomic E-state index is 5.64. The van der Waals surface area contributed by atoms with Crippen LogP contribution < -0.4 is 52.7 Å². The number of aromatic nitrogens is 3. The Morgan fingerprint density at radius 1 is 0.514 bits per heavy atom. The molecular weight excluding hydrogens is 981 g/mol. The molecule has 0 saturated heterocycles. The van der Waals surface area contributed by atoms with Crippen LogP contribution in [0.25, 0.3) is 33.4 Å². The average Bonchev–Trinajstić information content (AvgIpc) is 4.17. The molecule has 3 aliphatic rings. The van der Waals surface area contributed by atoms with Crippen molar-refractivity contribution in [3.8, 4) is 51.0 Å². The van der Waals surface area contributed by atoms with E-state index in [4.69, 9.17) is 80.3 Å². The van der Waals surface area contributed by atoms with Crippen molar-refractivity contribution in [2.24, 2.45) is 27.2 Å². The van der Waals surface area contributed by atoms with Gasteiger partial charge in [-0.25, -0.2) is 24.9 Å². The van der Waals surface area contributed by atoms with Crippen molar-refractivity contribution >= 4 is 98.1 Å². The van der Waals surface area contributed by atoms with Crippen molar-refractivity contribution < 1.29 is 14.2 Å². The molecule has 0 atom stereocenters. The molecule has 19 heteroatoms. The van der Waals surface area contributed by atoms with E-state index in [0.29, 0.717) is 39.5 Å². The summed E-state index contributed by atoms with van der Waals surface area (Å²) in [7, 11) is 4.84. The predicted octanol–water partition coefficient (Wildman–Crippen LogP) is 9.42. The number of pyridine rings is 3. The molecule has 0 aliphatic heterocycles. The lowest BCUT2D eigenvalue weighted by Crippen LogP contribution is -2.38. The number of benzene rings is 3. The van der Waals surface area contributed by atoms with Crippen LogP contribution in [0, 0.1) is 0 Å². The third-order valence-corrected chi connectivity index (χ3v) is 12.8. The zero-order valence-corrected chi connectivity index (χ0v) is 44.1. The normalized spacial score (nSPS) is 13.1. The lowest BCUT2D eigenvalue weighted by Gasteiger charge is -2.18. The van der Waals surface area contributed by atoms with Gasteiger partial charge in [0.25, 0.3) is 0 Å². The predicted molar refractivity (Wildman–Crippen MR) is 308 cm³/mol. The first-order chi connectivity index (χ1) is 34.7. The molecule has 3 aromatic carbocycles. The molecule has 3 aliphatic carbocycles. The van der Waals surface area contributed by atoms with E-state index in [1.165, 1.54) is 39.8 Å². The van der Waals surface area contributed by atoms with E-state index in [1.54, 1.807) is 46.8 Å². The number of ether oxygens (including phenoxy) is 3. The van der Waals surface area contributed by atoms with Gasteiger partial charge in [0, 0.05) is 53.5 Å². The minimum Gasteiger partial charge on any atom is -0.481 e. The highest BCUT2D eigenvalue weighted by atomic mass is 32.1. The summed E-state index contributed by atoms with van der Waals surface area (Å²) in [4.78, 5) is 20.8. The summed E-state index contributed by atoms with van der Waals surface area (Å²) in [6.07, 6.45) is 15.1. The quantitative estimate of drug-likeness (QED) is 0.0408. The number of rotatable bonds is 9. The van der Waals surface area contributed by atoms with Crippen LogP contribution in [-0.2, 0) is 38.5 Å². The van der Waals surface area contributed by atoms with Gasteiger partial charge in [-0.2, -0.15) is 0 Å². The average molecular weight is 1040 g/mol. The van der Waals surface area contributed by atoms with Gasteiger partial charge in [-0.05, 0) is 189 Å². The van der Waals surface area contributed by atoms with Crippen molar-refractivity contribution in [3.63, 3.8) is 0 Å². The van der Waals surface area contributed by atoms with E-state index in [1.807, 2.05) is 43.3 Å². The molecule has 9 rings (SSSR count). The summed E-state index contributed by atoms with van der Waals surface area (Å²) < 4.78 is 15.7. The first-order valence-corrected chi connectivity index (χ1v) is 24.9. The third-order valence-electron chi connectivity index (χ3n) is 12.2. The number of anilines is 3. The molecule has 15 nitrogen and oxygen atoms in total. The molecule has 0 amide bonds. The molecule has 372 valence electrons. The van der Waals surface area contributed by atoms with E-state index < -0.39 is 0 Å². The Hall–Kier alpha value is -7.19. The van der Waals surface area contributed by atoms with E-state index in [0.717, 1.165) is 102 Å². The molecule has 6 aromatic rings.